The number of likely N-dealkylation sites (tertiary alicyclic amines) is 1. The van der Waals surface area contributed by atoms with Gasteiger partial charge in [0.1, 0.15) is 5.60 Å². The zero-order valence-electron chi connectivity index (χ0n) is 16.0. The van der Waals surface area contributed by atoms with E-state index in [1.54, 1.807) is 4.90 Å². The Balaban J connectivity index is 1.70. The van der Waals surface area contributed by atoms with Crippen molar-refractivity contribution < 1.29 is 9.53 Å². The normalized spacial score (nSPS) is 18.2. The molecule has 1 aromatic heterocycles. The van der Waals surface area contributed by atoms with Gasteiger partial charge >= 0.3 is 6.09 Å². The second kappa shape index (κ2) is 7.55. The predicted octanol–water partition coefficient (Wildman–Crippen LogP) is 2.57. The van der Waals surface area contributed by atoms with Crippen LogP contribution in [0.3, 0.4) is 0 Å². The summed E-state index contributed by atoms with van der Waals surface area (Å²) in [5.74, 6) is 0. The van der Waals surface area contributed by atoms with Crippen molar-refractivity contribution >= 4 is 6.09 Å². The Kier molecular flexibility index (Phi) is 5.91. The van der Waals surface area contributed by atoms with Crippen LogP contribution in [0.4, 0.5) is 4.79 Å². The summed E-state index contributed by atoms with van der Waals surface area (Å²) in [6, 6.07) is 0.369. The minimum Gasteiger partial charge on any atom is -0.444 e. The molecule has 1 N–H and O–H groups in total. The molecule has 0 bridgehead atoms. The molecule has 1 aliphatic rings. The Hall–Kier alpha value is -1.56. The second-order valence-corrected chi connectivity index (χ2v) is 7.74. The zero-order valence-corrected chi connectivity index (χ0v) is 16.0. The number of aryl methyl sites for hydroxylation is 2. The smallest absolute Gasteiger partial charge is 0.410 e. The Morgan fingerprint density at radius 3 is 2.67 bits per heavy atom. The highest BCUT2D eigenvalue weighted by atomic mass is 16.6. The summed E-state index contributed by atoms with van der Waals surface area (Å²) in [5, 5.41) is 8.03. The Bertz CT molecular complexity index is 574. The third-order valence-corrected chi connectivity index (χ3v) is 4.54. The standard InChI is InChI=1S/C18H32N4O2/c1-13-16(14(2)21(6)20-13)8-7-10-19-15-9-11-22(12-15)17(23)24-18(3,4)5/h15,19H,7-12H2,1-6H3/t15-/m1/s1. The van der Waals surface area contributed by atoms with E-state index in [-0.39, 0.29) is 6.09 Å². The Morgan fingerprint density at radius 1 is 1.38 bits per heavy atom. The van der Waals surface area contributed by atoms with Gasteiger partial charge in [-0.2, -0.15) is 5.10 Å². The highest BCUT2D eigenvalue weighted by Crippen LogP contribution is 2.16. The number of nitrogens with one attached hydrogen (secondary N) is 1. The molecule has 136 valence electrons. The van der Waals surface area contributed by atoms with Crippen molar-refractivity contribution in [2.24, 2.45) is 7.05 Å². The van der Waals surface area contributed by atoms with Gasteiger partial charge in [0.15, 0.2) is 0 Å². The van der Waals surface area contributed by atoms with E-state index in [9.17, 15) is 4.79 Å². The minimum absolute atomic E-state index is 0.201. The number of hydrogen-bond donors (Lipinski definition) is 1. The van der Waals surface area contributed by atoms with Crippen LogP contribution in [0.5, 0.6) is 0 Å². The first-order valence-electron chi connectivity index (χ1n) is 8.88. The largest absolute Gasteiger partial charge is 0.444 e. The van der Waals surface area contributed by atoms with E-state index in [0.717, 1.165) is 44.6 Å². The lowest BCUT2D eigenvalue weighted by Crippen LogP contribution is -2.38. The van der Waals surface area contributed by atoms with Crippen molar-refractivity contribution in [2.75, 3.05) is 19.6 Å². The molecule has 1 fully saturated rings. The van der Waals surface area contributed by atoms with Crippen molar-refractivity contribution in [3.05, 3.63) is 17.0 Å². The van der Waals surface area contributed by atoms with Crippen LogP contribution < -0.4 is 5.32 Å². The fraction of sp³-hybridized carbons (Fsp3) is 0.778. The summed E-state index contributed by atoms with van der Waals surface area (Å²) < 4.78 is 7.38. The molecule has 0 aromatic carbocycles. The molecule has 1 amide bonds. The summed E-state index contributed by atoms with van der Waals surface area (Å²) >= 11 is 0. The lowest BCUT2D eigenvalue weighted by atomic mass is 10.1. The van der Waals surface area contributed by atoms with E-state index in [2.05, 4.69) is 24.3 Å². The summed E-state index contributed by atoms with van der Waals surface area (Å²) in [6.45, 7) is 12.4. The van der Waals surface area contributed by atoms with Gasteiger partial charge < -0.3 is 15.0 Å². The molecule has 6 heteroatoms. The van der Waals surface area contributed by atoms with Crippen molar-refractivity contribution in [2.45, 2.75) is 65.5 Å². The summed E-state index contributed by atoms with van der Waals surface area (Å²) in [6.07, 6.45) is 2.91. The lowest BCUT2D eigenvalue weighted by Gasteiger charge is -2.24. The fourth-order valence-corrected chi connectivity index (χ4v) is 3.17. The first-order valence-corrected chi connectivity index (χ1v) is 8.88. The van der Waals surface area contributed by atoms with Crippen LogP contribution >= 0.6 is 0 Å². The van der Waals surface area contributed by atoms with Crippen molar-refractivity contribution in [1.29, 1.82) is 0 Å². The van der Waals surface area contributed by atoms with E-state index in [1.807, 2.05) is 32.5 Å². The molecule has 0 saturated carbocycles. The number of rotatable bonds is 5. The summed E-state index contributed by atoms with van der Waals surface area (Å²) in [5.41, 5.74) is 3.32. The quantitative estimate of drug-likeness (QED) is 0.840. The summed E-state index contributed by atoms with van der Waals surface area (Å²) in [4.78, 5) is 13.9. The van der Waals surface area contributed by atoms with Crippen molar-refractivity contribution in [1.82, 2.24) is 20.0 Å². The molecule has 0 radical (unpaired) electrons. The SMILES string of the molecule is Cc1nn(C)c(C)c1CCCN[C@@H]1CCN(C(=O)OC(C)(C)C)C1. The van der Waals surface area contributed by atoms with Crippen LogP contribution in [-0.2, 0) is 18.2 Å². The van der Waals surface area contributed by atoms with Crippen LogP contribution in [0.2, 0.25) is 0 Å². The number of aromatic nitrogens is 2. The van der Waals surface area contributed by atoms with Gasteiger partial charge in [-0.15, -0.1) is 0 Å². The number of hydrogen-bond acceptors (Lipinski definition) is 4. The molecular formula is C18H32N4O2. The molecule has 0 aliphatic carbocycles. The zero-order chi connectivity index (χ0) is 17.9. The number of carbonyl (C=O) groups excluding carboxylic acids is 1. The monoisotopic (exact) mass is 336 g/mol. The van der Waals surface area contributed by atoms with Gasteiger partial charge in [0.2, 0.25) is 0 Å². The van der Waals surface area contributed by atoms with Gasteiger partial charge in [-0.1, -0.05) is 0 Å². The van der Waals surface area contributed by atoms with Crippen molar-refractivity contribution in [3.8, 4) is 0 Å². The maximum Gasteiger partial charge on any atom is 0.410 e. The predicted molar refractivity (Wildman–Crippen MR) is 95.2 cm³/mol. The molecule has 1 aliphatic heterocycles. The van der Waals surface area contributed by atoms with E-state index >= 15 is 0 Å². The highest BCUT2D eigenvalue weighted by Gasteiger charge is 2.29. The third-order valence-electron chi connectivity index (χ3n) is 4.54. The lowest BCUT2D eigenvalue weighted by molar-refractivity contribution is 0.0291. The highest BCUT2D eigenvalue weighted by molar-refractivity contribution is 5.68. The molecule has 0 spiro atoms. The number of amides is 1. The van der Waals surface area contributed by atoms with E-state index in [4.69, 9.17) is 4.74 Å². The van der Waals surface area contributed by atoms with Gasteiger partial charge in [-0.25, -0.2) is 4.79 Å². The second-order valence-electron chi connectivity index (χ2n) is 7.74. The molecule has 1 saturated heterocycles. The molecule has 24 heavy (non-hydrogen) atoms. The number of ether oxygens (including phenoxy) is 1. The molecule has 1 aromatic rings. The molecule has 2 rings (SSSR count). The van der Waals surface area contributed by atoms with Gasteiger partial charge in [0, 0.05) is 31.9 Å². The van der Waals surface area contributed by atoms with Crippen LogP contribution in [0.15, 0.2) is 0 Å². The van der Waals surface area contributed by atoms with Gasteiger partial charge in [-0.05, 0) is 66.0 Å². The van der Waals surface area contributed by atoms with Crippen LogP contribution in [0, 0.1) is 13.8 Å². The average molecular weight is 336 g/mol. The van der Waals surface area contributed by atoms with E-state index in [0.29, 0.717) is 6.04 Å². The van der Waals surface area contributed by atoms with Crippen molar-refractivity contribution in [3.63, 3.8) is 0 Å². The molecule has 1 atom stereocenters. The van der Waals surface area contributed by atoms with Gasteiger partial charge in [0.05, 0.1) is 5.69 Å². The fourth-order valence-electron chi connectivity index (χ4n) is 3.17. The molecular weight excluding hydrogens is 304 g/mol. The molecule has 0 unspecified atom stereocenters. The maximum atomic E-state index is 12.1. The number of nitrogens with zero attached hydrogens (tertiary/aromatic N) is 3. The van der Waals surface area contributed by atoms with Gasteiger partial charge in [-0.3, -0.25) is 4.68 Å². The van der Waals surface area contributed by atoms with E-state index < -0.39 is 5.60 Å². The molecule has 2 heterocycles. The minimum atomic E-state index is -0.429. The Morgan fingerprint density at radius 2 is 2.08 bits per heavy atom. The third kappa shape index (κ3) is 4.97. The van der Waals surface area contributed by atoms with Gasteiger partial charge in [0.25, 0.3) is 0 Å². The summed E-state index contributed by atoms with van der Waals surface area (Å²) in [7, 11) is 1.99. The van der Waals surface area contributed by atoms with Crippen LogP contribution in [0.25, 0.3) is 0 Å². The average Bonchev–Trinajstić information content (AvgIpc) is 3.01. The first kappa shape index (κ1) is 18.8. The Labute approximate surface area is 145 Å². The maximum absolute atomic E-state index is 12.1. The molecule has 6 nitrogen and oxygen atoms in total. The number of carbonyl (C=O) groups is 1. The van der Waals surface area contributed by atoms with E-state index in [1.165, 1.54) is 11.3 Å². The first-order chi connectivity index (χ1) is 11.2. The van der Waals surface area contributed by atoms with Crippen LogP contribution in [-0.4, -0.2) is 52.1 Å². The van der Waals surface area contributed by atoms with Crippen LogP contribution in [0.1, 0.15) is 50.6 Å². The topological polar surface area (TPSA) is 59.4 Å².